The number of benzene rings is 2. The second-order valence-electron chi connectivity index (χ2n) is 12.6. The summed E-state index contributed by atoms with van der Waals surface area (Å²) >= 11 is 0. The Bertz CT molecular complexity index is 2100. The molecule has 0 bridgehead atoms. The van der Waals surface area contributed by atoms with Gasteiger partial charge in [-0.1, -0.05) is 0 Å². The van der Waals surface area contributed by atoms with Crippen LogP contribution in [-0.4, -0.2) is 103 Å². The minimum Gasteiger partial charge on any atom is -0.496 e. The van der Waals surface area contributed by atoms with Gasteiger partial charge in [-0.15, -0.1) is 0 Å². The molecule has 0 saturated carbocycles. The first-order chi connectivity index (χ1) is 25.8. The summed E-state index contributed by atoms with van der Waals surface area (Å²) in [6.07, 6.45) is 7.02. The van der Waals surface area contributed by atoms with Crippen molar-refractivity contribution in [2.24, 2.45) is 0 Å². The number of sulfonamides is 1. The van der Waals surface area contributed by atoms with Crippen molar-refractivity contribution >= 4 is 45.1 Å². The topological polar surface area (TPSA) is 230 Å². The van der Waals surface area contributed by atoms with Gasteiger partial charge in [0, 0.05) is 49.7 Å². The molecule has 54 heavy (non-hydrogen) atoms. The predicted octanol–water partition coefficient (Wildman–Crippen LogP) is 2.87. The third-order valence-corrected chi connectivity index (χ3v) is 10.2. The van der Waals surface area contributed by atoms with Crippen LogP contribution in [0, 0.1) is 11.6 Å². The number of carbonyl (C=O) groups excluding carboxylic acids is 2. The molecule has 0 atom stereocenters. The van der Waals surface area contributed by atoms with Crippen LogP contribution in [-0.2, 0) is 10.0 Å². The number of nitrogens with one attached hydrogen (secondary N) is 3. The van der Waals surface area contributed by atoms with Gasteiger partial charge in [-0.25, -0.2) is 31.5 Å². The van der Waals surface area contributed by atoms with Gasteiger partial charge in [-0.3, -0.25) is 9.59 Å². The van der Waals surface area contributed by atoms with E-state index in [9.17, 15) is 26.8 Å². The van der Waals surface area contributed by atoms with Gasteiger partial charge in [0.15, 0.2) is 0 Å². The lowest BCUT2D eigenvalue weighted by atomic mass is 10.0. The van der Waals surface area contributed by atoms with E-state index < -0.39 is 33.2 Å². The highest BCUT2D eigenvalue weighted by Gasteiger charge is 2.26. The molecule has 2 aromatic carbocycles. The second-order valence-corrected chi connectivity index (χ2v) is 14.6. The van der Waals surface area contributed by atoms with E-state index >= 15 is 0 Å². The summed E-state index contributed by atoms with van der Waals surface area (Å²) < 4.78 is 61.4. The number of piperidine rings is 2. The predicted molar refractivity (Wildman–Crippen MR) is 198 cm³/mol. The Labute approximate surface area is 311 Å². The van der Waals surface area contributed by atoms with Crippen LogP contribution in [0.25, 0.3) is 0 Å². The summed E-state index contributed by atoms with van der Waals surface area (Å²) in [5.41, 5.74) is 12.5. The molecular weight excluding hydrogens is 727 g/mol. The Balaban J connectivity index is 0.000000210. The molecule has 2 saturated heterocycles. The number of methoxy groups -OCH3 is 2. The number of nitrogens with zero attached hydrogens (tertiary/aromatic N) is 5. The normalized spacial score (nSPS) is 15.4. The molecule has 19 heteroatoms. The molecule has 2 fully saturated rings. The molecule has 2 aromatic heterocycles. The molecule has 2 aliphatic rings. The summed E-state index contributed by atoms with van der Waals surface area (Å²) in [5.74, 6) is -0.973. The van der Waals surface area contributed by atoms with Crippen molar-refractivity contribution in [2.45, 2.75) is 37.8 Å². The monoisotopic (exact) mass is 768 g/mol. The standard InChI is InChI=1S/C18H22FN5O4S.C17H20FN5O2/c1-28-15-9-11(19)3-4-13(15)16(25)14-10-21-18(23-17(14)20)22-12-5-7-24(8-6-12)29(2,26)27;1-25-14-8-10(18)2-3-12(14)15(24)13-9-21-17(23-16(13)19)22-11-4-6-20-7-5-11/h3-4,9-10,12H,5-8H2,1-2H3,(H3,20,21,22,23);2-3,8-9,11,20H,4-7H2,1H3,(H3,19,21,22,23). The average Bonchev–Trinajstić information content (AvgIpc) is 3.15. The average molecular weight is 769 g/mol. The molecule has 288 valence electrons. The van der Waals surface area contributed by atoms with Crippen LogP contribution >= 0.6 is 0 Å². The summed E-state index contributed by atoms with van der Waals surface area (Å²) in [5, 5.41) is 9.63. The minimum absolute atomic E-state index is 0.00820. The third kappa shape index (κ3) is 9.91. The quantitative estimate of drug-likeness (QED) is 0.138. The van der Waals surface area contributed by atoms with Gasteiger partial charge < -0.3 is 36.9 Å². The molecule has 4 aromatic rings. The molecule has 0 unspecified atom stereocenters. The highest BCUT2D eigenvalue weighted by atomic mass is 32.2. The van der Waals surface area contributed by atoms with E-state index in [2.05, 4.69) is 35.9 Å². The minimum atomic E-state index is -3.20. The summed E-state index contributed by atoms with van der Waals surface area (Å²) in [4.78, 5) is 42.1. The zero-order chi connectivity index (χ0) is 39.0. The van der Waals surface area contributed by atoms with Crippen molar-refractivity contribution in [2.75, 3.05) is 68.8 Å². The number of halogens is 2. The molecule has 0 radical (unpaired) electrons. The zero-order valence-electron chi connectivity index (χ0n) is 29.9. The molecule has 2 aliphatic heterocycles. The number of ether oxygens (including phenoxy) is 2. The van der Waals surface area contributed by atoms with Gasteiger partial charge in [0.2, 0.25) is 33.5 Å². The number of rotatable bonds is 11. The first kappa shape index (κ1) is 39.7. The Morgan fingerprint density at radius 3 is 1.57 bits per heavy atom. The molecule has 16 nitrogen and oxygen atoms in total. The summed E-state index contributed by atoms with van der Waals surface area (Å²) in [6, 6.07) is 7.56. The molecule has 0 aliphatic carbocycles. The van der Waals surface area contributed by atoms with Crippen LogP contribution in [0.1, 0.15) is 57.5 Å². The van der Waals surface area contributed by atoms with E-state index in [1.165, 1.54) is 55.4 Å². The van der Waals surface area contributed by atoms with Gasteiger partial charge in [-0.05, 0) is 63.0 Å². The van der Waals surface area contributed by atoms with Crippen molar-refractivity contribution in [1.82, 2.24) is 29.6 Å². The number of ketones is 2. The number of anilines is 4. The van der Waals surface area contributed by atoms with Crippen LogP contribution < -0.4 is 36.9 Å². The SMILES string of the molecule is COc1cc(F)ccc1C(=O)c1cnc(NC2CCN(S(C)(=O)=O)CC2)nc1N.COc1cc(F)ccc1C(=O)c1cnc(NC2CCNCC2)nc1N. The van der Waals surface area contributed by atoms with Gasteiger partial charge in [0.25, 0.3) is 0 Å². The summed E-state index contributed by atoms with van der Waals surface area (Å²) in [7, 11) is -0.483. The van der Waals surface area contributed by atoms with Gasteiger partial charge in [0.1, 0.15) is 34.8 Å². The smallest absolute Gasteiger partial charge is 0.224 e. The number of hydrogen-bond donors (Lipinski definition) is 5. The van der Waals surface area contributed by atoms with Crippen molar-refractivity contribution in [1.29, 1.82) is 0 Å². The maximum absolute atomic E-state index is 13.4. The molecule has 0 spiro atoms. The fourth-order valence-corrected chi connectivity index (χ4v) is 6.81. The van der Waals surface area contributed by atoms with Crippen LogP contribution in [0.3, 0.4) is 0 Å². The Kier molecular flexibility index (Phi) is 12.9. The largest absolute Gasteiger partial charge is 0.496 e. The Morgan fingerprint density at radius 1 is 0.759 bits per heavy atom. The molecule has 4 heterocycles. The maximum atomic E-state index is 13.4. The van der Waals surface area contributed by atoms with E-state index in [0.717, 1.165) is 44.1 Å². The fourth-order valence-electron chi connectivity index (χ4n) is 5.94. The Hall–Kier alpha value is -5.53. The van der Waals surface area contributed by atoms with Crippen molar-refractivity contribution in [3.05, 3.63) is 82.7 Å². The highest BCUT2D eigenvalue weighted by Crippen LogP contribution is 2.27. The number of nitrogen functional groups attached to an aromatic ring is 2. The van der Waals surface area contributed by atoms with Crippen LogP contribution in [0.5, 0.6) is 11.5 Å². The van der Waals surface area contributed by atoms with Crippen LogP contribution in [0.15, 0.2) is 48.8 Å². The molecular formula is C35H42F2N10O6S. The van der Waals surface area contributed by atoms with Gasteiger partial charge in [0.05, 0.1) is 42.7 Å². The number of aromatic nitrogens is 4. The first-order valence-corrected chi connectivity index (χ1v) is 18.8. The molecule has 0 amide bonds. The highest BCUT2D eigenvalue weighted by molar-refractivity contribution is 7.88. The second kappa shape index (κ2) is 17.5. The molecule has 7 N–H and O–H groups in total. The van der Waals surface area contributed by atoms with Crippen LogP contribution in [0.2, 0.25) is 0 Å². The number of hydrogen-bond acceptors (Lipinski definition) is 15. The van der Waals surface area contributed by atoms with E-state index in [4.69, 9.17) is 20.9 Å². The lowest BCUT2D eigenvalue weighted by molar-refractivity contribution is 0.102. The summed E-state index contributed by atoms with van der Waals surface area (Å²) in [6.45, 7) is 2.70. The van der Waals surface area contributed by atoms with Gasteiger partial charge >= 0.3 is 0 Å². The number of nitrogens with two attached hydrogens (primary N) is 2. The zero-order valence-corrected chi connectivity index (χ0v) is 30.8. The first-order valence-electron chi connectivity index (χ1n) is 17.0. The van der Waals surface area contributed by atoms with Gasteiger partial charge in [-0.2, -0.15) is 9.97 Å². The third-order valence-electron chi connectivity index (χ3n) is 8.87. The number of carbonyl (C=O) groups is 2. The van der Waals surface area contributed by atoms with E-state index in [-0.39, 0.29) is 63.4 Å². The van der Waals surface area contributed by atoms with Crippen molar-refractivity contribution < 1.29 is 36.3 Å². The lowest BCUT2D eigenvalue weighted by Gasteiger charge is -2.30. The van der Waals surface area contributed by atoms with Crippen molar-refractivity contribution in [3.8, 4) is 11.5 Å². The maximum Gasteiger partial charge on any atom is 0.224 e. The van der Waals surface area contributed by atoms with E-state index in [1.54, 1.807) is 0 Å². The van der Waals surface area contributed by atoms with E-state index in [0.29, 0.717) is 31.9 Å². The van der Waals surface area contributed by atoms with Crippen LogP contribution in [0.4, 0.5) is 32.3 Å². The van der Waals surface area contributed by atoms with E-state index in [1.807, 2.05) is 0 Å². The van der Waals surface area contributed by atoms with Crippen molar-refractivity contribution in [3.63, 3.8) is 0 Å². The molecule has 6 rings (SSSR count). The lowest BCUT2D eigenvalue weighted by Crippen LogP contribution is -2.42. The fraction of sp³-hybridized carbons (Fsp3) is 0.371. The Morgan fingerprint density at radius 2 is 1.19 bits per heavy atom.